The monoisotopic (exact) mass is 1060 g/mol. The lowest BCUT2D eigenvalue weighted by Gasteiger charge is -2.39. The predicted molar refractivity (Wildman–Crippen MR) is 279 cm³/mol. The average molecular weight is 1060 g/mol. The number of aromatic nitrogens is 8. The number of likely N-dealkylation sites (tertiary alicyclic amines) is 2. The molecule has 0 saturated carbocycles. The highest BCUT2D eigenvalue weighted by Gasteiger charge is 2.36. The molecule has 8 heterocycles. The summed E-state index contributed by atoms with van der Waals surface area (Å²) in [6.45, 7) is 15.7. The number of fused-ring (bicyclic) bond motifs is 2. The zero-order valence-corrected chi connectivity index (χ0v) is 43.2. The van der Waals surface area contributed by atoms with Crippen LogP contribution in [0, 0.1) is 11.8 Å². The summed E-state index contributed by atoms with van der Waals surface area (Å²) >= 11 is 6.13. The van der Waals surface area contributed by atoms with Crippen molar-refractivity contribution in [1.29, 1.82) is 0 Å². The summed E-state index contributed by atoms with van der Waals surface area (Å²) in [6, 6.07) is 12.4. The van der Waals surface area contributed by atoms with Crippen LogP contribution in [-0.4, -0.2) is 153 Å². The number of carbonyl (C=O) groups excluding carboxylic acids is 2. The molecule has 2 amide bonds. The number of halogens is 1. The van der Waals surface area contributed by atoms with Crippen LogP contribution in [0.3, 0.4) is 0 Å². The lowest BCUT2D eigenvalue weighted by atomic mass is 9.80. The molecule has 4 saturated heterocycles. The first-order valence-electron chi connectivity index (χ1n) is 24.8. The Morgan fingerprint density at radius 2 is 1.09 bits per heavy atom. The van der Waals surface area contributed by atoms with Gasteiger partial charge in [-0.1, -0.05) is 19.6 Å². The molecule has 0 aliphatic carbocycles. The maximum Gasteiger partial charge on any atom is 0.488 e. The summed E-state index contributed by atoms with van der Waals surface area (Å²) in [6.07, 6.45) is 8.50. The molecule has 2 aromatic carbocycles. The molecule has 4 N–H and O–H groups in total. The fraction of sp³-hybridized carbons (Fsp3) is 0.529. The molecule has 10 rings (SSSR count). The second kappa shape index (κ2) is 24.4. The van der Waals surface area contributed by atoms with Crippen LogP contribution in [-0.2, 0) is 18.9 Å². The average Bonchev–Trinajstić information content (AvgIpc) is 3.96. The van der Waals surface area contributed by atoms with Gasteiger partial charge in [0.1, 0.15) is 33.5 Å². The maximum atomic E-state index is 12.2. The quantitative estimate of drug-likeness (QED) is 0.0776. The number of amides is 2. The highest BCUT2D eigenvalue weighted by molar-refractivity contribution is 6.58. The number of ether oxygens (including phenoxy) is 6. The molecule has 0 spiro atoms. The Kier molecular flexibility index (Phi) is 18.3. The van der Waals surface area contributed by atoms with Gasteiger partial charge in [-0.3, -0.25) is 0 Å². The number of nitrogens with zero attached hydrogens (tertiary/aromatic N) is 10. The molecule has 75 heavy (non-hydrogen) atoms. The second-order valence-corrected chi connectivity index (χ2v) is 20.9. The van der Waals surface area contributed by atoms with Crippen molar-refractivity contribution in [3.63, 3.8) is 0 Å². The van der Waals surface area contributed by atoms with Gasteiger partial charge in [-0.25, -0.2) is 23.9 Å². The molecule has 4 aliphatic heterocycles. The third kappa shape index (κ3) is 14.9. The number of phenolic OH excluding ortho intramolecular Hbond substituents is 2. The molecule has 4 fully saturated rings. The Morgan fingerprint density at radius 3 is 1.52 bits per heavy atom. The normalized spacial score (nSPS) is 18.0. The van der Waals surface area contributed by atoms with Crippen molar-refractivity contribution >= 4 is 58.4 Å². The van der Waals surface area contributed by atoms with E-state index in [9.17, 15) is 14.7 Å². The number of hydrogen-bond acceptors (Lipinski definition) is 18. The Labute approximate surface area is 441 Å². The minimum absolute atomic E-state index is 0. The highest BCUT2D eigenvalue weighted by atomic mass is 35.5. The summed E-state index contributed by atoms with van der Waals surface area (Å²) in [5.41, 5.74) is 1.37. The first-order valence-corrected chi connectivity index (χ1v) is 25.2. The Hall–Kier alpha value is -6.53. The van der Waals surface area contributed by atoms with E-state index in [2.05, 4.69) is 25.1 Å². The second-order valence-electron chi connectivity index (χ2n) is 20.6. The van der Waals surface area contributed by atoms with E-state index in [1.54, 1.807) is 55.8 Å². The molecule has 6 aromatic rings. The summed E-state index contributed by atoms with van der Waals surface area (Å²) in [5, 5.41) is 46.1. The van der Waals surface area contributed by atoms with Crippen LogP contribution in [0.15, 0.2) is 60.9 Å². The van der Waals surface area contributed by atoms with Crippen LogP contribution in [0.25, 0.3) is 33.5 Å². The molecular formula is C51H68BClN10O12. The van der Waals surface area contributed by atoms with Crippen molar-refractivity contribution in [2.45, 2.75) is 111 Å². The van der Waals surface area contributed by atoms with Gasteiger partial charge in [0, 0.05) is 56.8 Å². The number of carbonyl (C=O) groups is 2. The van der Waals surface area contributed by atoms with Gasteiger partial charge in [0.05, 0.1) is 25.6 Å². The summed E-state index contributed by atoms with van der Waals surface area (Å²) in [5.74, 6) is 2.00. The summed E-state index contributed by atoms with van der Waals surface area (Å²) in [7, 11) is -1.46. The van der Waals surface area contributed by atoms with Gasteiger partial charge < -0.3 is 58.5 Å². The topological polar surface area (TPSA) is 264 Å². The van der Waals surface area contributed by atoms with E-state index in [0.717, 1.165) is 44.1 Å². The fourth-order valence-electron chi connectivity index (χ4n) is 8.33. The van der Waals surface area contributed by atoms with Gasteiger partial charge in [0.15, 0.2) is 29.6 Å². The first-order chi connectivity index (χ1) is 35.3. The van der Waals surface area contributed by atoms with Crippen LogP contribution in [0.1, 0.15) is 99.9 Å². The van der Waals surface area contributed by atoms with Gasteiger partial charge in [0.2, 0.25) is 17.0 Å². The minimum atomic E-state index is -1.46. The lowest BCUT2D eigenvalue weighted by molar-refractivity contribution is -0.0371. The molecule has 22 nitrogen and oxygen atoms in total. The van der Waals surface area contributed by atoms with Gasteiger partial charge in [-0.2, -0.15) is 25.1 Å². The van der Waals surface area contributed by atoms with Crippen molar-refractivity contribution in [1.82, 2.24) is 49.3 Å². The summed E-state index contributed by atoms with van der Waals surface area (Å²) < 4.78 is 38.2. The van der Waals surface area contributed by atoms with Crippen LogP contribution in [0.4, 0.5) is 9.59 Å². The predicted octanol–water partition coefficient (Wildman–Crippen LogP) is 7.28. The van der Waals surface area contributed by atoms with Crippen molar-refractivity contribution in [2.75, 3.05) is 52.6 Å². The summed E-state index contributed by atoms with van der Waals surface area (Å²) in [4.78, 5) is 45.6. The minimum Gasteiger partial charge on any atom is -0.508 e. The van der Waals surface area contributed by atoms with E-state index >= 15 is 0 Å². The standard InChI is InChI=1S/C25H31N5O5.C19H26ClN5O4.C6H7BO3.CH4/c1-25(2,3)35-24(32)29-13-16(14-29)15-34-23-19-12-26-30(20-6-4-5-11-33-20)22(19)27-21(28-23)17-7-9-18(31)10-8-17;1-19(2,3)29-18(26)24-9-12(10-24)11-28-16-13-8-21-25(14-6-4-5-7-27-14)15(13)22-17(20)23-16;8-6-3-1-5(2-4-6)7(9)10;/h7-10,12,16,20,31H,4-6,11,13-15H2,1-3H3;8,12,14H,4-7,9-11H2,1-3H3;1-4,8-10H;1H4. The molecule has 0 radical (unpaired) electrons. The maximum absolute atomic E-state index is 12.2. The molecule has 4 aromatic heterocycles. The molecule has 2 unspecified atom stereocenters. The van der Waals surface area contributed by atoms with Crippen LogP contribution < -0.4 is 14.9 Å². The van der Waals surface area contributed by atoms with E-state index < -0.39 is 18.3 Å². The molecule has 4 aliphatic rings. The number of phenols is 2. The van der Waals surface area contributed by atoms with Crippen LogP contribution in [0.5, 0.6) is 23.3 Å². The molecule has 2 atom stereocenters. The van der Waals surface area contributed by atoms with Crippen molar-refractivity contribution in [2.24, 2.45) is 11.8 Å². The number of aromatic hydroxyl groups is 2. The van der Waals surface area contributed by atoms with Gasteiger partial charge in [-0.15, -0.1) is 0 Å². The largest absolute Gasteiger partial charge is 0.508 e. The number of benzene rings is 2. The number of hydrogen-bond donors (Lipinski definition) is 4. The van der Waals surface area contributed by atoms with Gasteiger partial charge in [-0.05, 0) is 134 Å². The zero-order chi connectivity index (χ0) is 52.7. The zero-order valence-electron chi connectivity index (χ0n) is 42.5. The fourth-order valence-corrected chi connectivity index (χ4v) is 8.49. The third-order valence-electron chi connectivity index (χ3n) is 12.1. The Morgan fingerprint density at radius 1 is 0.653 bits per heavy atom. The van der Waals surface area contributed by atoms with Crippen molar-refractivity contribution in [3.05, 3.63) is 66.2 Å². The smallest absolute Gasteiger partial charge is 0.488 e. The van der Waals surface area contributed by atoms with Crippen molar-refractivity contribution in [3.8, 4) is 34.6 Å². The van der Waals surface area contributed by atoms with Crippen LogP contribution >= 0.6 is 11.6 Å². The van der Waals surface area contributed by atoms with Crippen LogP contribution in [0.2, 0.25) is 5.28 Å². The SMILES string of the molecule is C.CC(C)(C)OC(=O)N1CC(COc2nc(-c3ccc(O)cc3)nc3c2cnn3C2CCCCO2)C1.CC(C)(C)OC(=O)N1CC(COc2nc(Cl)nc3c2cnn3C2CCCCO2)C1.OB(O)c1ccc(O)cc1. The third-order valence-corrected chi connectivity index (χ3v) is 12.3. The highest BCUT2D eigenvalue weighted by Crippen LogP contribution is 2.34. The van der Waals surface area contributed by atoms with Gasteiger partial charge >= 0.3 is 19.3 Å². The lowest BCUT2D eigenvalue weighted by Crippen LogP contribution is -2.53. The van der Waals surface area contributed by atoms with E-state index in [-0.39, 0.29) is 60.7 Å². The van der Waals surface area contributed by atoms with E-state index in [0.29, 0.717) is 97.7 Å². The molecular weight excluding hydrogens is 991 g/mol. The molecule has 0 bridgehead atoms. The van der Waals surface area contributed by atoms with E-state index in [1.165, 1.54) is 24.3 Å². The molecule has 24 heteroatoms. The Balaban J connectivity index is 0.000000185. The van der Waals surface area contributed by atoms with Crippen molar-refractivity contribution < 1.29 is 58.3 Å². The van der Waals surface area contributed by atoms with E-state index in [4.69, 9.17) is 60.2 Å². The molecule has 404 valence electrons. The van der Waals surface area contributed by atoms with E-state index in [1.807, 2.05) is 41.5 Å². The first kappa shape index (κ1) is 56.2. The Bertz CT molecular complexity index is 2840. The number of rotatable bonds is 10. The van der Waals surface area contributed by atoms with Gasteiger partial charge in [0.25, 0.3) is 0 Å².